The van der Waals surface area contributed by atoms with Crippen molar-refractivity contribution in [2.45, 2.75) is 13.5 Å². The third kappa shape index (κ3) is 4.63. The minimum absolute atomic E-state index is 0.221. The zero-order chi connectivity index (χ0) is 24.1. The maximum atomic E-state index is 13.3. The van der Waals surface area contributed by atoms with Crippen LogP contribution in [0.1, 0.15) is 23.6 Å². The smallest absolute Gasteiger partial charge is 0.281 e. The van der Waals surface area contributed by atoms with Gasteiger partial charge in [-0.25, -0.2) is 0 Å². The van der Waals surface area contributed by atoms with Crippen molar-refractivity contribution in [2.75, 3.05) is 18.6 Å². The molecule has 3 aromatic carbocycles. The van der Waals surface area contributed by atoms with E-state index in [0.717, 1.165) is 16.9 Å². The molecule has 7 heteroatoms. The molecule has 1 amide bonds. The van der Waals surface area contributed by atoms with E-state index in [2.05, 4.69) is 6.07 Å². The summed E-state index contributed by atoms with van der Waals surface area (Å²) in [6.45, 7) is 2.73. The van der Waals surface area contributed by atoms with Crippen LogP contribution in [0.15, 0.2) is 78.5 Å². The first kappa shape index (κ1) is 23.0. The number of hydrogen-bond donors (Lipinski definition) is 0. The van der Waals surface area contributed by atoms with E-state index in [9.17, 15) is 10.1 Å². The Labute approximate surface area is 204 Å². The van der Waals surface area contributed by atoms with Crippen LogP contribution in [0.4, 0.5) is 5.69 Å². The summed E-state index contributed by atoms with van der Waals surface area (Å²) in [5, 5.41) is 9.71. The van der Waals surface area contributed by atoms with E-state index in [1.165, 1.54) is 4.90 Å². The topological polar surface area (TPSA) is 65.8 Å². The van der Waals surface area contributed by atoms with Crippen molar-refractivity contribution >= 4 is 35.0 Å². The molecule has 170 valence electrons. The number of para-hydroxylation sites is 1. The molecule has 1 saturated heterocycles. The molecule has 0 aromatic heterocycles. The lowest BCUT2D eigenvalue weighted by Crippen LogP contribution is -2.31. The highest BCUT2D eigenvalue weighted by atomic mass is 32.1. The maximum absolute atomic E-state index is 13.3. The van der Waals surface area contributed by atoms with E-state index < -0.39 is 0 Å². The first-order valence-corrected chi connectivity index (χ1v) is 11.2. The second-order valence-electron chi connectivity index (χ2n) is 7.53. The summed E-state index contributed by atoms with van der Waals surface area (Å²) in [7, 11) is 1.77. The van der Waals surface area contributed by atoms with Gasteiger partial charge in [0.1, 0.15) is 23.8 Å². The summed E-state index contributed by atoms with van der Waals surface area (Å²) in [6.07, 6.45) is 1.77. The van der Waals surface area contributed by atoms with Crippen LogP contribution in [-0.4, -0.2) is 29.6 Å². The van der Waals surface area contributed by atoms with Gasteiger partial charge in [-0.2, -0.15) is 5.26 Å². The summed E-state index contributed by atoms with van der Waals surface area (Å²) in [4.78, 5) is 16.5. The Morgan fingerprint density at radius 2 is 1.71 bits per heavy atom. The lowest BCUT2D eigenvalue weighted by Gasteiger charge is -2.16. The van der Waals surface area contributed by atoms with Crippen molar-refractivity contribution in [1.82, 2.24) is 4.90 Å². The van der Waals surface area contributed by atoms with Crippen molar-refractivity contribution in [3.63, 3.8) is 0 Å². The van der Waals surface area contributed by atoms with Crippen molar-refractivity contribution < 1.29 is 14.3 Å². The number of nitriles is 1. The summed E-state index contributed by atoms with van der Waals surface area (Å²) in [6, 6.07) is 24.2. The molecule has 1 aliphatic heterocycles. The number of nitrogens with zero attached hydrogens (tertiary/aromatic N) is 3. The SMILES string of the molecule is CCOc1ccc(N2C(=O)/C(=C/c3ccccc3OCc3ccccc3C#N)N(C)C2=S)cc1. The maximum Gasteiger partial charge on any atom is 0.281 e. The molecule has 0 saturated carbocycles. The Hall–Kier alpha value is -4.15. The van der Waals surface area contributed by atoms with Gasteiger partial charge in [-0.1, -0.05) is 36.4 Å². The molecule has 0 aliphatic carbocycles. The van der Waals surface area contributed by atoms with E-state index in [1.807, 2.05) is 73.7 Å². The lowest BCUT2D eigenvalue weighted by molar-refractivity contribution is -0.114. The number of carbonyl (C=O) groups excluding carboxylic acids is 1. The Morgan fingerprint density at radius 1 is 1.00 bits per heavy atom. The van der Waals surface area contributed by atoms with E-state index in [-0.39, 0.29) is 12.5 Å². The largest absolute Gasteiger partial charge is 0.494 e. The van der Waals surface area contributed by atoms with Crippen LogP contribution >= 0.6 is 12.2 Å². The van der Waals surface area contributed by atoms with Gasteiger partial charge < -0.3 is 14.4 Å². The zero-order valence-electron chi connectivity index (χ0n) is 18.9. The predicted octanol–water partition coefficient (Wildman–Crippen LogP) is 5.14. The summed E-state index contributed by atoms with van der Waals surface area (Å²) >= 11 is 5.57. The van der Waals surface area contributed by atoms with Gasteiger partial charge in [0.25, 0.3) is 5.91 Å². The van der Waals surface area contributed by atoms with Crippen LogP contribution in [0.5, 0.6) is 11.5 Å². The van der Waals surface area contributed by atoms with Crippen LogP contribution in [0.2, 0.25) is 0 Å². The lowest BCUT2D eigenvalue weighted by atomic mass is 10.1. The fraction of sp³-hybridized carbons (Fsp3) is 0.148. The number of rotatable bonds is 7. The van der Waals surface area contributed by atoms with Crippen LogP contribution < -0.4 is 14.4 Å². The average Bonchev–Trinajstić information content (AvgIpc) is 3.07. The third-order valence-corrected chi connectivity index (χ3v) is 5.86. The van der Waals surface area contributed by atoms with E-state index in [0.29, 0.717) is 34.4 Å². The normalized spacial score (nSPS) is 14.4. The molecule has 0 radical (unpaired) electrons. The number of carbonyl (C=O) groups is 1. The van der Waals surface area contributed by atoms with Crippen molar-refractivity contribution in [2.24, 2.45) is 0 Å². The molecular formula is C27H23N3O3S. The van der Waals surface area contributed by atoms with Crippen LogP contribution in [0.3, 0.4) is 0 Å². The molecule has 0 unspecified atom stereocenters. The fourth-order valence-corrected chi connectivity index (χ4v) is 3.92. The number of ether oxygens (including phenoxy) is 2. The summed E-state index contributed by atoms with van der Waals surface area (Å²) in [5.41, 5.74) is 3.21. The quantitative estimate of drug-likeness (QED) is 0.353. The van der Waals surface area contributed by atoms with Crippen molar-refractivity contribution in [3.05, 3.63) is 95.2 Å². The molecule has 1 fully saturated rings. The Morgan fingerprint density at radius 3 is 2.44 bits per heavy atom. The van der Waals surface area contributed by atoms with E-state index in [4.69, 9.17) is 21.7 Å². The molecule has 1 aliphatic rings. The van der Waals surface area contributed by atoms with Crippen LogP contribution in [-0.2, 0) is 11.4 Å². The number of anilines is 1. The zero-order valence-corrected chi connectivity index (χ0v) is 19.7. The highest BCUT2D eigenvalue weighted by Crippen LogP contribution is 2.31. The van der Waals surface area contributed by atoms with Crippen LogP contribution in [0, 0.1) is 11.3 Å². The Kier molecular flexibility index (Phi) is 6.90. The van der Waals surface area contributed by atoms with E-state index in [1.54, 1.807) is 24.1 Å². The van der Waals surface area contributed by atoms with E-state index >= 15 is 0 Å². The first-order chi connectivity index (χ1) is 16.5. The number of hydrogen-bond acceptors (Lipinski definition) is 5. The van der Waals surface area contributed by atoms with Gasteiger partial charge in [0.05, 0.1) is 23.9 Å². The van der Waals surface area contributed by atoms with Gasteiger partial charge in [-0.3, -0.25) is 9.69 Å². The molecule has 34 heavy (non-hydrogen) atoms. The first-order valence-electron chi connectivity index (χ1n) is 10.8. The predicted molar refractivity (Wildman–Crippen MR) is 135 cm³/mol. The van der Waals surface area contributed by atoms with Gasteiger partial charge in [-0.05, 0) is 61.6 Å². The third-order valence-electron chi connectivity index (χ3n) is 5.40. The average molecular weight is 470 g/mol. The second kappa shape index (κ2) is 10.2. The minimum atomic E-state index is -0.221. The van der Waals surface area contributed by atoms with Crippen molar-refractivity contribution in [1.29, 1.82) is 5.26 Å². The number of amides is 1. The molecular weight excluding hydrogens is 446 g/mol. The molecule has 1 heterocycles. The van der Waals surface area contributed by atoms with Crippen molar-refractivity contribution in [3.8, 4) is 17.6 Å². The Balaban J connectivity index is 1.60. The van der Waals surface area contributed by atoms with Gasteiger partial charge in [0, 0.05) is 18.2 Å². The fourth-order valence-electron chi connectivity index (χ4n) is 3.63. The number of likely N-dealkylation sites (N-methyl/N-ethyl adjacent to an activating group) is 1. The molecule has 0 bridgehead atoms. The number of thiocarbonyl (C=S) groups is 1. The summed E-state index contributed by atoms with van der Waals surface area (Å²) in [5.74, 6) is 1.12. The Bertz CT molecular complexity index is 1290. The molecule has 4 rings (SSSR count). The standard InChI is InChI=1S/C27H23N3O3S/c1-3-32-23-14-12-22(13-15-23)30-26(31)24(29(2)27(30)34)16-19-8-6-7-11-25(19)33-18-21-10-5-4-9-20(21)17-28/h4-16H,3,18H2,1-2H3/b24-16-. The van der Waals surface area contributed by atoms with Gasteiger partial charge in [0.15, 0.2) is 5.11 Å². The van der Waals surface area contributed by atoms with Gasteiger partial charge in [0.2, 0.25) is 0 Å². The summed E-state index contributed by atoms with van der Waals surface area (Å²) < 4.78 is 11.5. The monoisotopic (exact) mass is 469 g/mol. The van der Waals surface area contributed by atoms with Gasteiger partial charge in [-0.15, -0.1) is 0 Å². The molecule has 3 aromatic rings. The molecule has 0 atom stereocenters. The molecule has 0 spiro atoms. The highest BCUT2D eigenvalue weighted by molar-refractivity contribution is 7.80. The van der Waals surface area contributed by atoms with Crippen LogP contribution in [0.25, 0.3) is 6.08 Å². The molecule has 6 nitrogen and oxygen atoms in total. The van der Waals surface area contributed by atoms with Gasteiger partial charge >= 0.3 is 0 Å². The molecule has 0 N–H and O–H groups in total. The second-order valence-corrected chi connectivity index (χ2v) is 7.90. The highest BCUT2D eigenvalue weighted by Gasteiger charge is 2.37. The number of benzene rings is 3. The minimum Gasteiger partial charge on any atom is -0.494 e.